The van der Waals surface area contributed by atoms with Gasteiger partial charge >= 0.3 is 0 Å². The summed E-state index contributed by atoms with van der Waals surface area (Å²) in [4.78, 5) is 12.6. The minimum Gasteiger partial charge on any atom is -0.352 e. The molecule has 0 aromatic heterocycles. The number of carbonyl (C=O) groups is 1. The van der Waals surface area contributed by atoms with E-state index in [-0.39, 0.29) is 18.5 Å². The van der Waals surface area contributed by atoms with Crippen molar-refractivity contribution in [3.8, 4) is 0 Å². The Morgan fingerprint density at radius 3 is 2.08 bits per heavy atom. The van der Waals surface area contributed by atoms with Crippen molar-refractivity contribution in [1.29, 1.82) is 0 Å². The van der Waals surface area contributed by atoms with Crippen molar-refractivity contribution < 1.29 is 13.2 Å². The first-order chi connectivity index (χ1) is 12.4. The Morgan fingerprint density at radius 2 is 1.62 bits per heavy atom. The van der Waals surface area contributed by atoms with Crippen molar-refractivity contribution in [3.63, 3.8) is 0 Å². The van der Waals surface area contributed by atoms with Crippen molar-refractivity contribution in [1.82, 2.24) is 5.32 Å². The van der Waals surface area contributed by atoms with Gasteiger partial charge in [0.05, 0.1) is 11.9 Å². The Labute approximate surface area is 158 Å². The lowest BCUT2D eigenvalue weighted by atomic mass is 10.0. The highest BCUT2D eigenvalue weighted by molar-refractivity contribution is 7.92. The highest BCUT2D eigenvalue weighted by Crippen LogP contribution is 2.29. The Balaban J connectivity index is 2.25. The van der Waals surface area contributed by atoms with Gasteiger partial charge < -0.3 is 5.32 Å². The number of amides is 1. The normalized spacial score (nSPS) is 16.1. The molecule has 0 saturated heterocycles. The molecule has 5 nitrogen and oxygen atoms in total. The van der Waals surface area contributed by atoms with E-state index in [1.165, 1.54) is 23.4 Å². The first-order valence-electron chi connectivity index (χ1n) is 9.74. The molecule has 1 amide bonds. The number of nitrogens with one attached hydrogen (secondary N) is 1. The van der Waals surface area contributed by atoms with Gasteiger partial charge in [-0.2, -0.15) is 0 Å². The molecule has 1 fully saturated rings. The monoisotopic (exact) mass is 380 g/mol. The summed E-state index contributed by atoms with van der Waals surface area (Å²) in [6.45, 7) is 3.86. The molecular formula is C20H32N2O3S. The summed E-state index contributed by atoms with van der Waals surface area (Å²) >= 11 is 0. The Kier molecular flexibility index (Phi) is 7.50. The number of carbonyl (C=O) groups excluding carboxylic acids is 1. The molecule has 0 unspecified atom stereocenters. The molecule has 1 saturated carbocycles. The topological polar surface area (TPSA) is 66.5 Å². The Hall–Kier alpha value is -1.56. The number of sulfonamides is 1. The predicted octanol–water partition coefficient (Wildman–Crippen LogP) is 3.42. The summed E-state index contributed by atoms with van der Waals surface area (Å²) in [7, 11) is -3.55. The van der Waals surface area contributed by atoms with Gasteiger partial charge in [-0.25, -0.2) is 8.42 Å². The average Bonchev–Trinajstić information content (AvgIpc) is 2.86. The van der Waals surface area contributed by atoms with Gasteiger partial charge in [0.2, 0.25) is 15.9 Å². The first-order valence-corrected chi connectivity index (χ1v) is 11.6. The summed E-state index contributed by atoms with van der Waals surface area (Å²) in [5, 5.41) is 3.06. The van der Waals surface area contributed by atoms with Gasteiger partial charge in [-0.05, 0) is 36.8 Å². The number of anilines is 1. The van der Waals surface area contributed by atoms with Crippen LogP contribution in [-0.2, 0) is 27.7 Å². The molecule has 0 heterocycles. The van der Waals surface area contributed by atoms with Crippen molar-refractivity contribution >= 4 is 21.6 Å². The molecule has 1 aliphatic rings. The standard InChI is InChI=1S/C20H32N2O3S/c1-4-16-11-10-12-17(5-2)20(16)22(26(3,24)25)15-19(23)21-18-13-8-6-7-9-14-18/h10-12,18H,4-9,13-15H2,1-3H3,(H,21,23). The van der Waals surface area contributed by atoms with Crippen molar-refractivity contribution in [2.75, 3.05) is 17.1 Å². The summed E-state index contributed by atoms with van der Waals surface area (Å²) in [5.74, 6) is -0.213. The lowest BCUT2D eigenvalue weighted by Crippen LogP contribution is -2.44. The summed E-state index contributed by atoms with van der Waals surface area (Å²) < 4.78 is 26.3. The number of nitrogens with zero attached hydrogens (tertiary/aromatic N) is 1. The molecule has 1 aromatic carbocycles. The number of hydrogen-bond donors (Lipinski definition) is 1. The number of aryl methyl sites for hydroxylation is 2. The van der Waals surface area contributed by atoms with E-state index in [2.05, 4.69) is 5.32 Å². The van der Waals surface area contributed by atoms with E-state index < -0.39 is 10.0 Å². The van der Waals surface area contributed by atoms with E-state index in [1.807, 2.05) is 32.0 Å². The van der Waals surface area contributed by atoms with Crippen LogP contribution in [0.25, 0.3) is 0 Å². The fraction of sp³-hybridized carbons (Fsp3) is 0.650. The zero-order chi connectivity index (χ0) is 19.2. The number of hydrogen-bond acceptors (Lipinski definition) is 3. The van der Waals surface area contributed by atoms with E-state index in [0.29, 0.717) is 5.69 Å². The van der Waals surface area contributed by atoms with Gasteiger partial charge in [0.25, 0.3) is 0 Å². The van der Waals surface area contributed by atoms with Crippen LogP contribution in [0.15, 0.2) is 18.2 Å². The summed E-state index contributed by atoms with van der Waals surface area (Å²) in [6.07, 6.45) is 9.26. The van der Waals surface area contributed by atoms with Crippen LogP contribution in [0.5, 0.6) is 0 Å². The second-order valence-corrected chi connectivity index (χ2v) is 9.06. The van der Waals surface area contributed by atoms with Crippen molar-refractivity contribution in [2.45, 2.75) is 71.3 Å². The van der Waals surface area contributed by atoms with Crippen LogP contribution < -0.4 is 9.62 Å². The zero-order valence-electron chi connectivity index (χ0n) is 16.3. The highest BCUT2D eigenvalue weighted by atomic mass is 32.2. The smallest absolute Gasteiger partial charge is 0.240 e. The number of rotatable bonds is 7. The van der Waals surface area contributed by atoms with Crippen LogP contribution in [0, 0.1) is 0 Å². The molecule has 0 bridgehead atoms. The maximum Gasteiger partial charge on any atom is 0.240 e. The molecule has 6 heteroatoms. The molecule has 146 valence electrons. The lowest BCUT2D eigenvalue weighted by Gasteiger charge is -2.27. The maximum atomic E-state index is 12.6. The fourth-order valence-corrected chi connectivity index (χ4v) is 4.64. The largest absolute Gasteiger partial charge is 0.352 e. The average molecular weight is 381 g/mol. The van der Waals surface area contributed by atoms with Gasteiger partial charge in [-0.15, -0.1) is 0 Å². The van der Waals surface area contributed by atoms with Gasteiger partial charge in [0.1, 0.15) is 6.54 Å². The van der Waals surface area contributed by atoms with E-state index in [0.717, 1.165) is 49.7 Å². The zero-order valence-corrected chi connectivity index (χ0v) is 17.1. The third kappa shape index (κ3) is 5.47. The van der Waals surface area contributed by atoms with Crippen LogP contribution in [0.2, 0.25) is 0 Å². The van der Waals surface area contributed by atoms with E-state index in [1.54, 1.807) is 0 Å². The summed E-state index contributed by atoms with van der Waals surface area (Å²) in [5.41, 5.74) is 2.59. The molecule has 26 heavy (non-hydrogen) atoms. The van der Waals surface area contributed by atoms with Gasteiger partial charge in [-0.3, -0.25) is 9.10 Å². The van der Waals surface area contributed by atoms with Crippen LogP contribution >= 0.6 is 0 Å². The minimum atomic E-state index is -3.55. The van der Waals surface area contributed by atoms with Crippen LogP contribution in [0.4, 0.5) is 5.69 Å². The molecule has 2 rings (SSSR count). The minimum absolute atomic E-state index is 0.153. The highest BCUT2D eigenvalue weighted by Gasteiger charge is 2.26. The first kappa shape index (κ1) is 20.7. The fourth-order valence-electron chi connectivity index (χ4n) is 3.73. The number of benzene rings is 1. The maximum absolute atomic E-state index is 12.6. The summed E-state index contributed by atoms with van der Waals surface area (Å²) in [6, 6.07) is 6.00. The quantitative estimate of drug-likeness (QED) is 0.737. The molecule has 0 aliphatic heterocycles. The van der Waals surface area contributed by atoms with Crippen molar-refractivity contribution in [3.05, 3.63) is 29.3 Å². The van der Waals surface area contributed by atoms with E-state index in [9.17, 15) is 13.2 Å². The third-order valence-corrected chi connectivity index (χ3v) is 6.23. The van der Waals surface area contributed by atoms with Gasteiger partial charge in [0, 0.05) is 6.04 Å². The van der Waals surface area contributed by atoms with Gasteiger partial charge in [0.15, 0.2) is 0 Å². The predicted molar refractivity (Wildman–Crippen MR) is 107 cm³/mol. The van der Waals surface area contributed by atoms with E-state index in [4.69, 9.17) is 0 Å². The van der Waals surface area contributed by atoms with Gasteiger partial charge in [-0.1, -0.05) is 57.7 Å². The SMILES string of the molecule is CCc1cccc(CC)c1N(CC(=O)NC1CCCCCC1)S(C)(=O)=O. The molecule has 0 spiro atoms. The van der Waals surface area contributed by atoms with Crippen LogP contribution in [0.1, 0.15) is 63.5 Å². The molecule has 1 aromatic rings. The number of para-hydroxylation sites is 1. The van der Waals surface area contributed by atoms with Crippen molar-refractivity contribution in [2.24, 2.45) is 0 Å². The molecule has 1 N–H and O–H groups in total. The molecule has 1 aliphatic carbocycles. The Bertz CT molecular complexity index is 686. The second kappa shape index (κ2) is 9.40. The lowest BCUT2D eigenvalue weighted by molar-refractivity contribution is -0.120. The van der Waals surface area contributed by atoms with E-state index >= 15 is 0 Å². The third-order valence-electron chi connectivity index (χ3n) is 5.12. The molecule has 0 atom stereocenters. The van der Waals surface area contributed by atoms with Crippen LogP contribution in [-0.4, -0.2) is 33.2 Å². The molecule has 0 radical (unpaired) electrons. The second-order valence-electron chi connectivity index (χ2n) is 7.16. The Morgan fingerprint density at radius 1 is 1.08 bits per heavy atom. The van der Waals surface area contributed by atoms with Crippen LogP contribution in [0.3, 0.4) is 0 Å². The molecular weight excluding hydrogens is 348 g/mol.